The maximum absolute atomic E-state index is 12.6. The molecule has 0 aromatic heterocycles. The maximum Gasteiger partial charge on any atom is 0.415 e. The molecule has 1 atom stereocenters. The molecule has 18 heavy (non-hydrogen) atoms. The average Bonchev–Trinajstić information content (AvgIpc) is 2.21. The second kappa shape index (κ2) is 4.78. The predicted octanol–water partition coefficient (Wildman–Crippen LogP) is 2.87. The summed E-state index contributed by atoms with van der Waals surface area (Å²) in [7, 11) is 0. The first-order chi connectivity index (χ1) is 8.07. The van der Waals surface area contributed by atoms with Gasteiger partial charge in [-0.15, -0.1) is 0 Å². The fraction of sp³-hybridized carbons (Fsp3) is 0.364. The second-order valence-corrected chi connectivity index (χ2v) is 4.49. The van der Waals surface area contributed by atoms with E-state index in [-0.39, 0.29) is 10.7 Å². The fourth-order valence-electron chi connectivity index (χ4n) is 1.16. The number of hydrogen-bond acceptors (Lipinski definition) is 2. The van der Waals surface area contributed by atoms with Crippen molar-refractivity contribution in [1.82, 2.24) is 0 Å². The van der Waals surface area contributed by atoms with Gasteiger partial charge in [0.2, 0.25) is 0 Å². The highest BCUT2D eigenvalue weighted by Crippen LogP contribution is 2.31. The number of benzene rings is 1. The molecule has 3 N–H and O–H groups in total. The lowest BCUT2D eigenvalue weighted by molar-refractivity contribution is -0.184. The number of carbonyl (C=O) groups excluding carboxylic acids is 1. The first-order valence-corrected chi connectivity index (χ1v) is 5.37. The van der Waals surface area contributed by atoms with Crippen molar-refractivity contribution in [2.24, 2.45) is 5.73 Å². The van der Waals surface area contributed by atoms with Crippen LogP contribution in [0.25, 0.3) is 0 Å². The third-order valence-electron chi connectivity index (χ3n) is 2.52. The van der Waals surface area contributed by atoms with E-state index < -0.39 is 17.6 Å². The van der Waals surface area contributed by atoms with Gasteiger partial charge < -0.3 is 11.1 Å². The predicted molar refractivity (Wildman–Crippen MR) is 63.5 cm³/mol. The van der Waals surface area contributed by atoms with E-state index in [0.29, 0.717) is 12.5 Å². The van der Waals surface area contributed by atoms with Gasteiger partial charge in [0.1, 0.15) is 0 Å². The summed E-state index contributed by atoms with van der Waals surface area (Å²) < 4.78 is 37.7. The van der Waals surface area contributed by atoms with Crippen LogP contribution in [0, 0.1) is 6.92 Å². The molecule has 3 nitrogen and oxygen atoms in total. The van der Waals surface area contributed by atoms with Crippen LogP contribution >= 0.6 is 11.6 Å². The van der Waals surface area contributed by atoms with Crippen LogP contribution in [0.4, 0.5) is 18.9 Å². The molecule has 1 unspecified atom stereocenters. The molecule has 1 aromatic rings. The van der Waals surface area contributed by atoms with Gasteiger partial charge in [0.05, 0.1) is 10.7 Å². The topological polar surface area (TPSA) is 55.1 Å². The molecular weight excluding hydrogens is 269 g/mol. The Kier molecular flexibility index (Phi) is 3.92. The summed E-state index contributed by atoms with van der Waals surface area (Å²) in [4.78, 5) is 11.6. The highest BCUT2D eigenvalue weighted by Gasteiger charge is 2.54. The van der Waals surface area contributed by atoms with Crippen molar-refractivity contribution in [3.8, 4) is 0 Å². The van der Waals surface area contributed by atoms with Gasteiger partial charge >= 0.3 is 6.18 Å². The third kappa shape index (κ3) is 2.76. The van der Waals surface area contributed by atoms with Gasteiger partial charge in [-0.2, -0.15) is 13.2 Å². The molecule has 0 heterocycles. The molecule has 0 aliphatic heterocycles. The van der Waals surface area contributed by atoms with E-state index in [1.807, 2.05) is 0 Å². The number of para-hydroxylation sites is 1. The van der Waals surface area contributed by atoms with E-state index in [4.69, 9.17) is 17.3 Å². The summed E-state index contributed by atoms with van der Waals surface area (Å²) >= 11 is 5.80. The van der Waals surface area contributed by atoms with Gasteiger partial charge in [0, 0.05) is 0 Å². The van der Waals surface area contributed by atoms with Crippen LogP contribution in [0.1, 0.15) is 12.5 Å². The summed E-state index contributed by atoms with van der Waals surface area (Å²) in [5, 5.41) is 2.26. The molecule has 1 rings (SSSR count). The third-order valence-corrected chi connectivity index (χ3v) is 2.84. The quantitative estimate of drug-likeness (QED) is 0.875. The number of amides is 1. The summed E-state index contributed by atoms with van der Waals surface area (Å²) in [5.41, 5.74) is 2.71. The van der Waals surface area contributed by atoms with Crippen LogP contribution in [-0.2, 0) is 4.79 Å². The van der Waals surface area contributed by atoms with Crippen LogP contribution in [0.2, 0.25) is 5.02 Å². The lowest BCUT2D eigenvalue weighted by Gasteiger charge is -2.26. The smallest absolute Gasteiger partial charge is 0.323 e. The van der Waals surface area contributed by atoms with E-state index in [2.05, 4.69) is 5.32 Å². The van der Waals surface area contributed by atoms with E-state index in [1.165, 1.54) is 6.07 Å². The summed E-state index contributed by atoms with van der Waals surface area (Å²) in [6, 6.07) is 4.70. The van der Waals surface area contributed by atoms with Crippen LogP contribution < -0.4 is 11.1 Å². The van der Waals surface area contributed by atoms with E-state index in [1.54, 1.807) is 19.1 Å². The largest absolute Gasteiger partial charge is 0.415 e. The number of halogens is 4. The second-order valence-electron chi connectivity index (χ2n) is 4.09. The zero-order valence-corrected chi connectivity index (χ0v) is 10.5. The highest BCUT2D eigenvalue weighted by atomic mass is 35.5. The Labute approximate surface area is 107 Å². The number of rotatable bonds is 2. The molecule has 0 spiro atoms. The summed E-state index contributed by atoms with van der Waals surface area (Å²) in [5.74, 6) is -1.36. The first kappa shape index (κ1) is 14.8. The number of aryl methyl sites for hydroxylation is 1. The van der Waals surface area contributed by atoms with Gasteiger partial charge in [-0.05, 0) is 25.5 Å². The van der Waals surface area contributed by atoms with Crippen molar-refractivity contribution < 1.29 is 18.0 Å². The standard InChI is InChI=1S/C11H12ClF3N2O/c1-6-4-3-5-7(12)8(6)17-9(18)10(2,16)11(13,14)15/h3-5H,16H2,1-2H3,(H,17,18). The Balaban J connectivity index is 3.03. The Bertz CT molecular complexity index is 452. The van der Waals surface area contributed by atoms with Crippen molar-refractivity contribution >= 4 is 23.2 Å². The minimum absolute atomic E-state index is 0.130. The number of carbonyl (C=O) groups is 1. The number of hydrogen-bond donors (Lipinski definition) is 2. The number of alkyl halides is 3. The van der Waals surface area contributed by atoms with Crippen molar-refractivity contribution in [3.63, 3.8) is 0 Å². The number of anilines is 1. The zero-order chi connectivity index (χ0) is 14.1. The fourth-order valence-corrected chi connectivity index (χ4v) is 1.43. The number of nitrogens with one attached hydrogen (secondary N) is 1. The molecule has 0 radical (unpaired) electrons. The van der Waals surface area contributed by atoms with Gasteiger partial charge in [-0.3, -0.25) is 4.79 Å². The Morgan fingerprint density at radius 3 is 2.39 bits per heavy atom. The lowest BCUT2D eigenvalue weighted by atomic mass is 10.0. The molecule has 0 aliphatic rings. The highest BCUT2D eigenvalue weighted by molar-refractivity contribution is 6.34. The Morgan fingerprint density at radius 2 is 1.94 bits per heavy atom. The van der Waals surface area contributed by atoms with Crippen LogP contribution in [-0.4, -0.2) is 17.6 Å². The minimum atomic E-state index is -4.84. The van der Waals surface area contributed by atoms with Gasteiger partial charge in [-0.25, -0.2) is 0 Å². The average molecular weight is 281 g/mol. The minimum Gasteiger partial charge on any atom is -0.323 e. The molecule has 0 saturated carbocycles. The monoisotopic (exact) mass is 280 g/mol. The summed E-state index contributed by atoms with van der Waals surface area (Å²) in [6.45, 7) is 2.22. The molecule has 0 saturated heterocycles. The van der Waals surface area contributed by atoms with Crippen LogP contribution in [0.5, 0.6) is 0 Å². The molecule has 0 bridgehead atoms. The molecule has 100 valence electrons. The Morgan fingerprint density at radius 1 is 1.39 bits per heavy atom. The van der Waals surface area contributed by atoms with Crippen molar-refractivity contribution in [2.45, 2.75) is 25.6 Å². The van der Waals surface area contributed by atoms with E-state index in [9.17, 15) is 18.0 Å². The normalized spacial score (nSPS) is 15.1. The first-order valence-electron chi connectivity index (χ1n) is 4.99. The van der Waals surface area contributed by atoms with Gasteiger partial charge in [0.25, 0.3) is 5.91 Å². The van der Waals surface area contributed by atoms with Crippen molar-refractivity contribution in [1.29, 1.82) is 0 Å². The maximum atomic E-state index is 12.6. The molecular formula is C11H12ClF3N2O. The van der Waals surface area contributed by atoms with Crippen molar-refractivity contribution in [3.05, 3.63) is 28.8 Å². The van der Waals surface area contributed by atoms with E-state index in [0.717, 1.165) is 0 Å². The molecule has 1 aromatic carbocycles. The summed E-state index contributed by atoms with van der Waals surface area (Å²) in [6.07, 6.45) is -4.84. The van der Waals surface area contributed by atoms with E-state index >= 15 is 0 Å². The van der Waals surface area contributed by atoms with Gasteiger partial charge in [0.15, 0.2) is 5.54 Å². The van der Waals surface area contributed by atoms with Crippen LogP contribution in [0.15, 0.2) is 18.2 Å². The zero-order valence-electron chi connectivity index (χ0n) is 9.73. The molecule has 7 heteroatoms. The molecule has 0 aliphatic carbocycles. The Hall–Kier alpha value is -1.27. The number of nitrogens with two attached hydrogens (primary N) is 1. The van der Waals surface area contributed by atoms with Crippen LogP contribution in [0.3, 0.4) is 0 Å². The SMILES string of the molecule is Cc1cccc(Cl)c1NC(=O)C(C)(N)C(F)(F)F. The van der Waals surface area contributed by atoms with Gasteiger partial charge in [-0.1, -0.05) is 23.7 Å². The lowest BCUT2D eigenvalue weighted by Crippen LogP contribution is -2.59. The molecule has 1 amide bonds. The molecule has 0 fully saturated rings. The van der Waals surface area contributed by atoms with Crippen molar-refractivity contribution in [2.75, 3.05) is 5.32 Å².